The topological polar surface area (TPSA) is 85.3 Å². The van der Waals surface area contributed by atoms with E-state index in [1.165, 1.54) is 12.0 Å². The van der Waals surface area contributed by atoms with Crippen LogP contribution >= 0.6 is 0 Å². The van der Waals surface area contributed by atoms with Gasteiger partial charge in [-0.15, -0.1) is 0 Å². The van der Waals surface area contributed by atoms with Gasteiger partial charge in [0.1, 0.15) is 17.3 Å². The van der Waals surface area contributed by atoms with E-state index in [1.807, 2.05) is 32.9 Å². The van der Waals surface area contributed by atoms with Gasteiger partial charge in [-0.1, -0.05) is 18.2 Å². The van der Waals surface area contributed by atoms with Crippen molar-refractivity contribution in [3.05, 3.63) is 65.2 Å². The van der Waals surface area contributed by atoms with Gasteiger partial charge < -0.3 is 24.2 Å². The number of carbonyl (C=O) groups excluding carboxylic acids is 2. The number of aliphatic hydroxyl groups is 1. The lowest BCUT2D eigenvalue weighted by atomic mass is 9.94. The SMILES string of the molecule is CCOc1ccc(/C(O)=C2\C(=O)C(=O)N(CCCOC(C)C)C2c2ccccc2OC)cc1. The van der Waals surface area contributed by atoms with Gasteiger partial charge in [0.25, 0.3) is 11.7 Å². The van der Waals surface area contributed by atoms with Crippen molar-refractivity contribution in [2.75, 3.05) is 26.9 Å². The highest BCUT2D eigenvalue weighted by Gasteiger charge is 2.46. The maximum Gasteiger partial charge on any atom is 0.295 e. The first-order chi connectivity index (χ1) is 15.9. The van der Waals surface area contributed by atoms with Gasteiger partial charge in [-0.25, -0.2) is 0 Å². The summed E-state index contributed by atoms with van der Waals surface area (Å²) in [5.74, 6) is -0.412. The molecule has 7 heteroatoms. The van der Waals surface area contributed by atoms with Crippen LogP contribution in [0.15, 0.2) is 54.1 Å². The maximum atomic E-state index is 13.1. The van der Waals surface area contributed by atoms with Gasteiger partial charge in [0.15, 0.2) is 0 Å². The summed E-state index contributed by atoms with van der Waals surface area (Å²) in [6.45, 7) is 7.05. The van der Waals surface area contributed by atoms with Gasteiger partial charge >= 0.3 is 0 Å². The Labute approximate surface area is 194 Å². The number of rotatable bonds is 10. The van der Waals surface area contributed by atoms with Crippen LogP contribution in [-0.2, 0) is 14.3 Å². The van der Waals surface area contributed by atoms with Crippen LogP contribution in [0.3, 0.4) is 0 Å². The maximum absolute atomic E-state index is 13.1. The molecule has 0 saturated carbocycles. The van der Waals surface area contributed by atoms with E-state index in [1.54, 1.807) is 36.4 Å². The summed E-state index contributed by atoms with van der Waals surface area (Å²) in [6, 6.07) is 13.2. The number of carbonyl (C=O) groups is 2. The molecule has 3 rings (SSSR count). The Bertz CT molecular complexity index is 1010. The van der Waals surface area contributed by atoms with Crippen LogP contribution in [0.5, 0.6) is 11.5 Å². The van der Waals surface area contributed by atoms with Crippen molar-refractivity contribution in [2.45, 2.75) is 39.3 Å². The Balaban J connectivity index is 2.05. The predicted octanol–water partition coefficient (Wildman–Crippen LogP) is 4.33. The molecule has 1 heterocycles. The zero-order chi connectivity index (χ0) is 24.0. The first-order valence-electron chi connectivity index (χ1n) is 11.1. The summed E-state index contributed by atoms with van der Waals surface area (Å²) in [4.78, 5) is 27.6. The third kappa shape index (κ3) is 5.37. The molecule has 1 fully saturated rings. The molecule has 1 N–H and O–H groups in total. The highest BCUT2D eigenvalue weighted by molar-refractivity contribution is 6.46. The highest BCUT2D eigenvalue weighted by atomic mass is 16.5. The molecule has 0 spiro atoms. The van der Waals surface area contributed by atoms with Gasteiger partial charge in [0.2, 0.25) is 0 Å². The van der Waals surface area contributed by atoms with Crippen molar-refractivity contribution in [1.29, 1.82) is 0 Å². The van der Waals surface area contributed by atoms with Crippen molar-refractivity contribution < 1.29 is 28.9 Å². The molecule has 2 aromatic rings. The van der Waals surface area contributed by atoms with Crippen LogP contribution in [-0.4, -0.2) is 54.7 Å². The Kier molecular flexibility index (Phi) is 8.11. The van der Waals surface area contributed by atoms with Crippen molar-refractivity contribution in [3.8, 4) is 11.5 Å². The smallest absolute Gasteiger partial charge is 0.295 e. The fourth-order valence-corrected chi connectivity index (χ4v) is 3.91. The van der Waals surface area contributed by atoms with Gasteiger partial charge in [-0.3, -0.25) is 9.59 Å². The molecule has 0 bridgehead atoms. The monoisotopic (exact) mass is 453 g/mol. The second-order valence-corrected chi connectivity index (χ2v) is 7.96. The second kappa shape index (κ2) is 11.0. The average Bonchev–Trinajstić information content (AvgIpc) is 3.06. The van der Waals surface area contributed by atoms with E-state index in [0.717, 1.165) is 0 Å². The quantitative estimate of drug-likeness (QED) is 0.249. The summed E-state index contributed by atoms with van der Waals surface area (Å²) in [5.41, 5.74) is 1.11. The molecule has 0 radical (unpaired) electrons. The van der Waals surface area contributed by atoms with Gasteiger partial charge in [0, 0.05) is 24.3 Å². The second-order valence-electron chi connectivity index (χ2n) is 7.96. The number of hydrogen-bond donors (Lipinski definition) is 1. The Morgan fingerprint density at radius 3 is 2.42 bits per heavy atom. The molecule has 1 aliphatic heterocycles. The molecular weight excluding hydrogens is 422 g/mol. The largest absolute Gasteiger partial charge is 0.507 e. The molecule has 33 heavy (non-hydrogen) atoms. The highest BCUT2D eigenvalue weighted by Crippen LogP contribution is 2.42. The summed E-state index contributed by atoms with van der Waals surface area (Å²) in [7, 11) is 1.54. The predicted molar refractivity (Wildman–Crippen MR) is 125 cm³/mol. The summed E-state index contributed by atoms with van der Waals surface area (Å²) < 4.78 is 16.6. The van der Waals surface area contributed by atoms with E-state index in [0.29, 0.717) is 48.8 Å². The average molecular weight is 454 g/mol. The fraction of sp³-hybridized carbons (Fsp3) is 0.385. The van der Waals surface area contributed by atoms with Gasteiger partial charge in [0.05, 0.1) is 31.4 Å². The molecule has 1 aliphatic rings. The summed E-state index contributed by atoms with van der Waals surface area (Å²) in [5, 5.41) is 11.2. The number of methoxy groups -OCH3 is 1. The van der Waals surface area contributed by atoms with E-state index in [2.05, 4.69) is 0 Å². The van der Waals surface area contributed by atoms with E-state index >= 15 is 0 Å². The third-order valence-electron chi connectivity index (χ3n) is 5.41. The molecule has 1 unspecified atom stereocenters. The van der Waals surface area contributed by atoms with Gasteiger partial charge in [-0.2, -0.15) is 0 Å². The number of hydrogen-bond acceptors (Lipinski definition) is 6. The van der Waals surface area contributed by atoms with Crippen LogP contribution in [0.4, 0.5) is 0 Å². The lowest BCUT2D eigenvalue weighted by Crippen LogP contribution is -2.31. The lowest BCUT2D eigenvalue weighted by molar-refractivity contribution is -0.140. The molecule has 1 atom stereocenters. The number of para-hydroxylation sites is 1. The van der Waals surface area contributed by atoms with Crippen molar-refractivity contribution >= 4 is 17.4 Å². The van der Waals surface area contributed by atoms with Crippen LogP contribution < -0.4 is 9.47 Å². The molecule has 0 aliphatic carbocycles. The first kappa shape index (κ1) is 24.3. The van der Waals surface area contributed by atoms with Crippen molar-refractivity contribution in [1.82, 2.24) is 4.90 Å². The zero-order valence-electron chi connectivity index (χ0n) is 19.5. The Hall–Kier alpha value is -3.32. The third-order valence-corrected chi connectivity index (χ3v) is 5.41. The fourth-order valence-electron chi connectivity index (χ4n) is 3.91. The van der Waals surface area contributed by atoms with Crippen LogP contribution in [0.2, 0.25) is 0 Å². The van der Waals surface area contributed by atoms with Crippen LogP contribution in [0.25, 0.3) is 5.76 Å². The number of likely N-dealkylation sites (tertiary alicyclic amines) is 1. The van der Waals surface area contributed by atoms with Crippen LogP contribution in [0, 0.1) is 0 Å². The number of aliphatic hydroxyl groups excluding tert-OH is 1. The summed E-state index contributed by atoms with van der Waals surface area (Å²) >= 11 is 0. The normalized spacial score (nSPS) is 17.6. The molecular formula is C26H31NO6. The number of amides is 1. The Morgan fingerprint density at radius 1 is 1.09 bits per heavy atom. The van der Waals surface area contributed by atoms with Gasteiger partial charge in [-0.05, 0) is 57.5 Å². The standard InChI is InChI=1S/C26H31NO6/c1-5-32-19-13-11-18(12-14-19)24(28)22-23(20-9-6-7-10-21(20)31-4)27(26(30)25(22)29)15-8-16-33-17(2)3/h6-7,9-14,17,23,28H,5,8,15-16H2,1-4H3/b24-22+. The van der Waals surface area contributed by atoms with Crippen molar-refractivity contribution in [2.24, 2.45) is 0 Å². The van der Waals surface area contributed by atoms with E-state index in [-0.39, 0.29) is 17.4 Å². The molecule has 0 aromatic heterocycles. The Morgan fingerprint density at radius 2 is 1.79 bits per heavy atom. The van der Waals surface area contributed by atoms with Crippen molar-refractivity contribution in [3.63, 3.8) is 0 Å². The molecule has 1 amide bonds. The molecule has 7 nitrogen and oxygen atoms in total. The zero-order valence-corrected chi connectivity index (χ0v) is 19.5. The molecule has 1 saturated heterocycles. The number of benzene rings is 2. The lowest BCUT2D eigenvalue weighted by Gasteiger charge is -2.26. The van der Waals surface area contributed by atoms with E-state index in [4.69, 9.17) is 14.2 Å². The minimum Gasteiger partial charge on any atom is -0.507 e. The number of nitrogens with zero attached hydrogens (tertiary/aromatic N) is 1. The number of ether oxygens (including phenoxy) is 3. The van der Waals surface area contributed by atoms with Crippen LogP contribution in [0.1, 0.15) is 44.4 Å². The first-order valence-corrected chi connectivity index (χ1v) is 11.1. The summed E-state index contributed by atoms with van der Waals surface area (Å²) in [6.07, 6.45) is 0.630. The molecule has 176 valence electrons. The number of Topliss-reactive ketones (excluding diaryl/α,β-unsaturated/α-hetero) is 1. The number of ketones is 1. The van der Waals surface area contributed by atoms with E-state index in [9.17, 15) is 14.7 Å². The van der Waals surface area contributed by atoms with E-state index < -0.39 is 17.7 Å². The minimum absolute atomic E-state index is 0.0402. The minimum atomic E-state index is -0.772. The molecule has 2 aromatic carbocycles.